The normalized spacial score (nSPS) is 14.9. The van der Waals surface area contributed by atoms with Crippen molar-refractivity contribution < 1.29 is 0 Å². The summed E-state index contributed by atoms with van der Waals surface area (Å²) in [5.41, 5.74) is 5.67. The molecule has 0 amide bonds. The molecule has 0 aliphatic carbocycles. The molecule has 0 aromatic carbocycles. The summed E-state index contributed by atoms with van der Waals surface area (Å²) in [5, 5.41) is 11.2. The van der Waals surface area contributed by atoms with Crippen molar-refractivity contribution in [1.82, 2.24) is 10.2 Å². The summed E-state index contributed by atoms with van der Waals surface area (Å²) in [6.45, 7) is 4.03. The first-order valence-electron chi connectivity index (χ1n) is 4.59. The highest BCUT2D eigenvalue weighted by molar-refractivity contribution is 6.29. The van der Waals surface area contributed by atoms with Crippen molar-refractivity contribution in [2.24, 2.45) is 5.73 Å². The van der Waals surface area contributed by atoms with E-state index in [1.165, 1.54) is 0 Å². The molecule has 2 unspecified atom stereocenters. The minimum atomic E-state index is 0.178. The van der Waals surface area contributed by atoms with E-state index in [0.717, 1.165) is 12.2 Å². The maximum absolute atomic E-state index is 5.67. The van der Waals surface area contributed by atoms with Gasteiger partial charge in [-0.2, -0.15) is 0 Å². The Kier molecular flexibility index (Phi) is 4.10. The van der Waals surface area contributed by atoms with Crippen molar-refractivity contribution in [3.8, 4) is 0 Å². The summed E-state index contributed by atoms with van der Waals surface area (Å²) < 4.78 is 0. The molecule has 5 heteroatoms. The molecule has 0 radical (unpaired) electrons. The summed E-state index contributed by atoms with van der Waals surface area (Å²) in [5.74, 6) is 0.725. The fraction of sp³-hybridized carbons (Fsp3) is 0.556. The molecule has 4 nitrogen and oxygen atoms in total. The molecule has 78 valence electrons. The molecule has 1 heterocycles. The lowest BCUT2D eigenvalue weighted by molar-refractivity contribution is 0.602. The number of halogens is 1. The van der Waals surface area contributed by atoms with Crippen LogP contribution < -0.4 is 11.1 Å². The zero-order valence-corrected chi connectivity index (χ0v) is 9.12. The molecule has 3 N–H and O–H groups in total. The van der Waals surface area contributed by atoms with Gasteiger partial charge in [-0.3, -0.25) is 0 Å². The van der Waals surface area contributed by atoms with E-state index in [1.807, 2.05) is 6.92 Å². The molecule has 0 aliphatic rings. The smallest absolute Gasteiger partial charge is 0.151 e. The van der Waals surface area contributed by atoms with Crippen LogP contribution in [0.5, 0.6) is 0 Å². The molecule has 14 heavy (non-hydrogen) atoms. The first-order valence-corrected chi connectivity index (χ1v) is 4.97. The van der Waals surface area contributed by atoms with Crippen molar-refractivity contribution in [1.29, 1.82) is 0 Å². The van der Waals surface area contributed by atoms with Gasteiger partial charge in [-0.1, -0.05) is 11.6 Å². The van der Waals surface area contributed by atoms with Gasteiger partial charge in [-0.25, -0.2) is 0 Å². The van der Waals surface area contributed by atoms with E-state index in [0.29, 0.717) is 5.15 Å². The molecule has 1 rings (SSSR count). The predicted octanol–water partition coefficient (Wildman–Crippen LogP) is 1.67. The van der Waals surface area contributed by atoms with Crippen molar-refractivity contribution >= 4 is 17.4 Å². The number of aromatic nitrogens is 2. The Morgan fingerprint density at radius 2 is 2.14 bits per heavy atom. The fourth-order valence-electron chi connectivity index (χ4n) is 1.26. The average Bonchev–Trinajstić information content (AvgIpc) is 2.07. The van der Waals surface area contributed by atoms with Gasteiger partial charge in [0.25, 0.3) is 0 Å². The van der Waals surface area contributed by atoms with Crippen LogP contribution in [0.3, 0.4) is 0 Å². The van der Waals surface area contributed by atoms with Crippen LogP contribution in [-0.2, 0) is 0 Å². The predicted molar refractivity (Wildman–Crippen MR) is 58.4 cm³/mol. The second kappa shape index (κ2) is 5.12. The Balaban J connectivity index is 2.47. The average molecular weight is 215 g/mol. The Labute approximate surface area is 88.9 Å². The number of anilines is 1. The Bertz CT molecular complexity index is 273. The highest BCUT2D eigenvalue weighted by atomic mass is 35.5. The van der Waals surface area contributed by atoms with Crippen LogP contribution >= 0.6 is 11.6 Å². The molecule has 0 fully saturated rings. The van der Waals surface area contributed by atoms with Crippen molar-refractivity contribution in [2.45, 2.75) is 32.4 Å². The van der Waals surface area contributed by atoms with Crippen LogP contribution in [0.15, 0.2) is 12.1 Å². The Hall–Kier alpha value is -0.870. The summed E-state index contributed by atoms with van der Waals surface area (Å²) in [6.07, 6.45) is 0.893. The zero-order valence-electron chi connectivity index (χ0n) is 8.37. The molecule has 0 spiro atoms. The third-order valence-electron chi connectivity index (χ3n) is 1.75. The topological polar surface area (TPSA) is 63.8 Å². The maximum atomic E-state index is 5.67. The molecular weight excluding hydrogens is 200 g/mol. The largest absolute Gasteiger partial charge is 0.366 e. The first-order chi connectivity index (χ1) is 6.58. The molecular formula is C9H15ClN4. The summed E-state index contributed by atoms with van der Waals surface area (Å²) >= 11 is 5.61. The van der Waals surface area contributed by atoms with Gasteiger partial charge in [0.1, 0.15) is 5.82 Å². The van der Waals surface area contributed by atoms with Gasteiger partial charge < -0.3 is 11.1 Å². The molecule has 0 aliphatic heterocycles. The van der Waals surface area contributed by atoms with Crippen LogP contribution in [0.4, 0.5) is 5.82 Å². The molecule has 0 saturated heterocycles. The van der Waals surface area contributed by atoms with Gasteiger partial charge in [0.05, 0.1) is 0 Å². The second-order valence-electron chi connectivity index (χ2n) is 3.50. The Morgan fingerprint density at radius 1 is 1.43 bits per heavy atom. The van der Waals surface area contributed by atoms with E-state index in [1.54, 1.807) is 12.1 Å². The number of hydrogen-bond acceptors (Lipinski definition) is 4. The lowest BCUT2D eigenvalue weighted by Crippen LogP contribution is -2.26. The van der Waals surface area contributed by atoms with Gasteiger partial charge in [0.15, 0.2) is 5.15 Å². The minimum absolute atomic E-state index is 0.178. The number of nitrogens with two attached hydrogens (primary N) is 1. The number of rotatable bonds is 4. The van der Waals surface area contributed by atoms with Gasteiger partial charge in [-0.05, 0) is 32.4 Å². The van der Waals surface area contributed by atoms with E-state index < -0.39 is 0 Å². The van der Waals surface area contributed by atoms with E-state index >= 15 is 0 Å². The van der Waals surface area contributed by atoms with Gasteiger partial charge >= 0.3 is 0 Å². The van der Waals surface area contributed by atoms with Gasteiger partial charge in [-0.15, -0.1) is 10.2 Å². The zero-order chi connectivity index (χ0) is 10.6. The van der Waals surface area contributed by atoms with Crippen LogP contribution in [0.1, 0.15) is 20.3 Å². The van der Waals surface area contributed by atoms with Crippen LogP contribution in [0.25, 0.3) is 0 Å². The summed E-state index contributed by atoms with van der Waals surface area (Å²) in [4.78, 5) is 0. The maximum Gasteiger partial charge on any atom is 0.151 e. The third-order valence-corrected chi connectivity index (χ3v) is 1.95. The molecule has 2 atom stereocenters. The van der Waals surface area contributed by atoms with Crippen molar-refractivity contribution in [2.75, 3.05) is 5.32 Å². The van der Waals surface area contributed by atoms with E-state index in [2.05, 4.69) is 22.4 Å². The fourth-order valence-corrected chi connectivity index (χ4v) is 1.36. The van der Waals surface area contributed by atoms with Crippen LogP contribution in [0.2, 0.25) is 5.15 Å². The highest BCUT2D eigenvalue weighted by Gasteiger charge is 2.05. The van der Waals surface area contributed by atoms with Crippen molar-refractivity contribution in [3.05, 3.63) is 17.3 Å². The van der Waals surface area contributed by atoms with Crippen molar-refractivity contribution in [3.63, 3.8) is 0 Å². The molecule has 1 aromatic heterocycles. The van der Waals surface area contributed by atoms with E-state index in [9.17, 15) is 0 Å². The monoisotopic (exact) mass is 214 g/mol. The second-order valence-corrected chi connectivity index (χ2v) is 3.89. The number of hydrogen-bond donors (Lipinski definition) is 2. The standard InChI is InChI=1S/C9H15ClN4/c1-6(11)5-7(2)12-9-4-3-8(10)13-14-9/h3-4,6-7H,5,11H2,1-2H3,(H,12,14). The molecule has 0 saturated carbocycles. The van der Waals surface area contributed by atoms with Gasteiger partial charge in [0, 0.05) is 12.1 Å². The highest BCUT2D eigenvalue weighted by Crippen LogP contribution is 2.08. The summed E-state index contributed by atoms with van der Waals surface area (Å²) in [6, 6.07) is 3.96. The quantitative estimate of drug-likeness (QED) is 0.801. The number of nitrogens with zero attached hydrogens (tertiary/aromatic N) is 2. The first kappa shape index (κ1) is 11.2. The number of nitrogens with one attached hydrogen (secondary N) is 1. The van der Waals surface area contributed by atoms with Crippen LogP contribution in [0, 0.1) is 0 Å². The molecule has 0 bridgehead atoms. The van der Waals surface area contributed by atoms with Gasteiger partial charge in [0.2, 0.25) is 0 Å². The Morgan fingerprint density at radius 3 is 2.64 bits per heavy atom. The van der Waals surface area contributed by atoms with E-state index in [-0.39, 0.29) is 12.1 Å². The SMILES string of the molecule is CC(N)CC(C)Nc1ccc(Cl)nn1. The molecule has 1 aromatic rings. The lowest BCUT2D eigenvalue weighted by atomic mass is 10.1. The third kappa shape index (κ3) is 3.89. The van der Waals surface area contributed by atoms with E-state index in [4.69, 9.17) is 17.3 Å². The lowest BCUT2D eigenvalue weighted by Gasteiger charge is -2.15. The summed E-state index contributed by atoms with van der Waals surface area (Å²) in [7, 11) is 0. The minimum Gasteiger partial charge on any atom is -0.366 e. The van der Waals surface area contributed by atoms with Crippen LogP contribution in [-0.4, -0.2) is 22.3 Å².